The van der Waals surface area contributed by atoms with Crippen molar-refractivity contribution in [2.45, 2.75) is 52.8 Å². The average Bonchev–Trinajstić information content (AvgIpc) is 3.19. The van der Waals surface area contributed by atoms with Crippen molar-refractivity contribution >= 4 is 5.91 Å². The number of nitrogens with two attached hydrogens (primary N) is 1. The van der Waals surface area contributed by atoms with Gasteiger partial charge in [0.2, 0.25) is 0 Å². The number of aromatic nitrogens is 1. The molecule has 0 spiro atoms. The lowest BCUT2D eigenvalue weighted by Crippen LogP contribution is -2.46. The standard InChI is InChI=1S/C28H35F2N3O2/c1-19(34)27(35)33(14-8-13-31)26(28(2,3)4)25-15-21(23-16-22(29)11-12-24(23)30)18-32(25)17-20-9-6-5-7-10-20/h5-7,9-12,15-16,18-19,26,34H,8,13-14,17,31H2,1-4H3/t19?,26-/m0/s1. The van der Waals surface area contributed by atoms with Gasteiger partial charge >= 0.3 is 0 Å². The van der Waals surface area contributed by atoms with Crippen LogP contribution in [-0.2, 0) is 11.3 Å². The second kappa shape index (κ2) is 11.1. The number of carbonyl (C=O) groups is 1. The van der Waals surface area contributed by atoms with Crippen molar-refractivity contribution in [3.63, 3.8) is 0 Å². The minimum atomic E-state index is -1.18. The van der Waals surface area contributed by atoms with Crippen LogP contribution in [0.25, 0.3) is 11.1 Å². The van der Waals surface area contributed by atoms with Crippen molar-refractivity contribution < 1.29 is 18.7 Å². The van der Waals surface area contributed by atoms with Crippen LogP contribution in [0.2, 0.25) is 0 Å². The third kappa shape index (κ3) is 6.35. The van der Waals surface area contributed by atoms with Crippen molar-refractivity contribution in [1.29, 1.82) is 0 Å². The lowest BCUT2D eigenvalue weighted by Gasteiger charge is -2.41. The average molecular weight is 484 g/mol. The van der Waals surface area contributed by atoms with E-state index in [1.165, 1.54) is 13.0 Å². The molecule has 2 aromatic carbocycles. The quantitative estimate of drug-likeness (QED) is 0.443. The van der Waals surface area contributed by atoms with Gasteiger partial charge in [-0.15, -0.1) is 0 Å². The number of aliphatic hydroxyl groups excluding tert-OH is 1. The molecule has 3 rings (SSSR count). The van der Waals surface area contributed by atoms with E-state index in [4.69, 9.17) is 5.73 Å². The number of hydrogen-bond donors (Lipinski definition) is 2. The zero-order valence-electron chi connectivity index (χ0n) is 20.8. The molecule has 1 unspecified atom stereocenters. The Morgan fingerprint density at radius 2 is 1.80 bits per heavy atom. The van der Waals surface area contributed by atoms with Crippen LogP contribution in [0.4, 0.5) is 8.78 Å². The van der Waals surface area contributed by atoms with Gasteiger partial charge in [-0.2, -0.15) is 0 Å². The number of hydrogen-bond acceptors (Lipinski definition) is 3. The first-order valence-corrected chi connectivity index (χ1v) is 11.9. The van der Waals surface area contributed by atoms with E-state index in [9.17, 15) is 18.7 Å². The maximum atomic E-state index is 14.7. The van der Waals surface area contributed by atoms with Crippen molar-refractivity contribution in [3.05, 3.63) is 83.7 Å². The number of rotatable bonds is 9. The van der Waals surface area contributed by atoms with Crippen molar-refractivity contribution in [3.8, 4) is 11.1 Å². The van der Waals surface area contributed by atoms with Gasteiger partial charge in [0.25, 0.3) is 5.91 Å². The van der Waals surface area contributed by atoms with Crippen LogP contribution in [0.1, 0.15) is 51.4 Å². The fourth-order valence-corrected chi connectivity index (χ4v) is 4.48. The van der Waals surface area contributed by atoms with Gasteiger partial charge < -0.3 is 20.3 Å². The summed E-state index contributed by atoms with van der Waals surface area (Å²) in [6.07, 6.45) is 1.18. The summed E-state index contributed by atoms with van der Waals surface area (Å²) < 4.78 is 30.7. The minimum absolute atomic E-state index is 0.154. The smallest absolute Gasteiger partial charge is 0.251 e. The molecule has 188 valence electrons. The fourth-order valence-electron chi connectivity index (χ4n) is 4.48. The molecule has 0 fully saturated rings. The summed E-state index contributed by atoms with van der Waals surface area (Å²) in [4.78, 5) is 14.8. The Hall–Kier alpha value is -3.03. The van der Waals surface area contributed by atoms with Gasteiger partial charge in [0.15, 0.2) is 0 Å². The van der Waals surface area contributed by atoms with Crippen LogP contribution < -0.4 is 5.73 Å². The lowest BCUT2D eigenvalue weighted by molar-refractivity contribution is -0.144. The number of halogens is 2. The van der Waals surface area contributed by atoms with E-state index in [-0.39, 0.29) is 5.56 Å². The van der Waals surface area contributed by atoms with Crippen molar-refractivity contribution in [2.24, 2.45) is 11.1 Å². The van der Waals surface area contributed by atoms with Crippen LogP contribution in [0.3, 0.4) is 0 Å². The van der Waals surface area contributed by atoms with E-state index in [1.807, 2.05) is 61.7 Å². The van der Waals surface area contributed by atoms with Gasteiger partial charge in [0.1, 0.15) is 17.7 Å². The molecule has 5 nitrogen and oxygen atoms in total. The minimum Gasteiger partial charge on any atom is -0.384 e. The molecule has 0 saturated heterocycles. The van der Waals surface area contributed by atoms with E-state index in [2.05, 4.69) is 0 Å². The second-order valence-corrected chi connectivity index (χ2v) is 10.0. The molecule has 0 saturated carbocycles. The summed E-state index contributed by atoms with van der Waals surface area (Å²) in [7, 11) is 0. The SMILES string of the molecule is CC(O)C(=O)N(CCCN)[C@@H](c1cc(-c2cc(F)ccc2F)cn1Cc1ccccc1)C(C)(C)C. The first-order chi connectivity index (χ1) is 16.5. The molecule has 7 heteroatoms. The van der Waals surface area contributed by atoms with Crippen molar-refractivity contribution in [2.75, 3.05) is 13.1 Å². The maximum Gasteiger partial charge on any atom is 0.251 e. The highest BCUT2D eigenvalue weighted by atomic mass is 19.1. The Morgan fingerprint density at radius 3 is 2.40 bits per heavy atom. The molecule has 3 N–H and O–H groups in total. The van der Waals surface area contributed by atoms with Gasteiger partial charge in [0.05, 0.1) is 6.04 Å². The molecular formula is C28H35F2N3O2. The Kier molecular flexibility index (Phi) is 8.46. The summed E-state index contributed by atoms with van der Waals surface area (Å²) >= 11 is 0. The Morgan fingerprint density at radius 1 is 1.11 bits per heavy atom. The molecule has 35 heavy (non-hydrogen) atoms. The van der Waals surface area contributed by atoms with E-state index in [0.29, 0.717) is 31.6 Å². The molecule has 2 atom stereocenters. The predicted molar refractivity (Wildman–Crippen MR) is 135 cm³/mol. The summed E-state index contributed by atoms with van der Waals surface area (Å²) in [6.45, 7) is 8.75. The molecule has 1 aromatic heterocycles. The molecule has 1 heterocycles. The van der Waals surface area contributed by atoms with Gasteiger partial charge in [-0.25, -0.2) is 8.78 Å². The summed E-state index contributed by atoms with van der Waals surface area (Å²) in [5, 5.41) is 10.2. The Balaban J connectivity index is 2.22. The van der Waals surface area contributed by atoms with Gasteiger partial charge in [-0.3, -0.25) is 4.79 Å². The fraction of sp³-hybridized carbons (Fsp3) is 0.393. The van der Waals surface area contributed by atoms with E-state index < -0.39 is 35.1 Å². The highest BCUT2D eigenvalue weighted by Crippen LogP contribution is 2.41. The second-order valence-electron chi connectivity index (χ2n) is 10.0. The van der Waals surface area contributed by atoms with Crippen LogP contribution in [0, 0.1) is 17.0 Å². The molecule has 3 aromatic rings. The molecular weight excluding hydrogens is 448 g/mol. The van der Waals surface area contributed by atoms with E-state index in [0.717, 1.165) is 23.4 Å². The Labute approximate surface area is 206 Å². The van der Waals surface area contributed by atoms with Gasteiger partial charge in [-0.05, 0) is 55.1 Å². The van der Waals surface area contributed by atoms with Gasteiger partial charge in [-0.1, -0.05) is 51.1 Å². The summed E-state index contributed by atoms with van der Waals surface area (Å²) in [5.74, 6) is -1.45. The van der Waals surface area contributed by atoms with Crippen LogP contribution in [-0.4, -0.2) is 39.7 Å². The molecule has 0 aliphatic carbocycles. The summed E-state index contributed by atoms with van der Waals surface area (Å²) in [5.41, 5.74) is 7.79. The normalized spacial score (nSPS) is 13.5. The third-order valence-electron chi connectivity index (χ3n) is 6.02. The Bertz CT molecular complexity index is 1140. The van der Waals surface area contributed by atoms with E-state index in [1.54, 1.807) is 11.1 Å². The maximum absolute atomic E-state index is 14.7. The molecule has 1 amide bonds. The predicted octanol–water partition coefficient (Wildman–Crippen LogP) is 5.13. The number of aliphatic hydroxyl groups is 1. The monoisotopic (exact) mass is 483 g/mol. The van der Waals surface area contributed by atoms with Crippen LogP contribution >= 0.6 is 0 Å². The zero-order chi connectivity index (χ0) is 25.8. The number of carbonyl (C=O) groups excluding carboxylic acids is 1. The molecule has 0 bridgehead atoms. The molecule has 0 aliphatic rings. The molecule has 0 radical (unpaired) electrons. The van der Waals surface area contributed by atoms with Crippen molar-refractivity contribution in [1.82, 2.24) is 9.47 Å². The number of benzene rings is 2. The number of nitrogens with zero attached hydrogens (tertiary/aromatic N) is 2. The summed E-state index contributed by atoms with van der Waals surface area (Å²) in [6, 6.07) is 14.6. The highest BCUT2D eigenvalue weighted by Gasteiger charge is 2.38. The highest BCUT2D eigenvalue weighted by molar-refractivity contribution is 5.81. The van der Waals surface area contributed by atoms with Gasteiger partial charge in [0, 0.05) is 36.1 Å². The number of amides is 1. The topological polar surface area (TPSA) is 71.5 Å². The zero-order valence-corrected chi connectivity index (χ0v) is 20.8. The first-order valence-electron chi connectivity index (χ1n) is 11.9. The lowest BCUT2D eigenvalue weighted by atomic mass is 9.82. The third-order valence-corrected chi connectivity index (χ3v) is 6.02. The van der Waals surface area contributed by atoms with Crippen LogP contribution in [0.5, 0.6) is 0 Å². The molecule has 0 aliphatic heterocycles. The van der Waals surface area contributed by atoms with Crippen LogP contribution in [0.15, 0.2) is 60.8 Å². The largest absolute Gasteiger partial charge is 0.384 e. The first kappa shape index (κ1) is 26.6. The van der Waals surface area contributed by atoms with E-state index >= 15 is 0 Å².